The van der Waals surface area contributed by atoms with Gasteiger partial charge >= 0.3 is 0 Å². The highest BCUT2D eigenvalue weighted by Crippen LogP contribution is 2.35. The highest BCUT2D eigenvalue weighted by atomic mass is 35.5. The first-order valence-corrected chi connectivity index (χ1v) is 5.15. The zero-order chi connectivity index (χ0) is 11.3. The molecule has 0 aliphatic carbocycles. The fourth-order valence-electron chi connectivity index (χ4n) is 1.04. The highest BCUT2D eigenvalue weighted by Gasteiger charge is 2.08. The van der Waals surface area contributed by atoms with Crippen LogP contribution in [0.25, 0.3) is 0 Å². The van der Waals surface area contributed by atoms with Gasteiger partial charge in [0, 0.05) is 12.1 Å². The lowest BCUT2D eigenvalue weighted by atomic mass is 10.3. The van der Waals surface area contributed by atoms with Gasteiger partial charge in [0.05, 0.1) is 22.7 Å². The number of ether oxygens (including phenoxy) is 1. The Bertz CT molecular complexity index is 364. The van der Waals surface area contributed by atoms with Gasteiger partial charge in [-0.15, -0.1) is 0 Å². The largest absolute Gasteiger partial charge is 0.490 e. The minimum Gasteiger partial charge on any atom is -0.490 e. The molecule has 0 aliphatic rings. The van der Waals surface area contributed by atoms with Gasteiger partial charge in [-0.25, -0.2) is 0 Å². The van der Waals surface area contributed by atoms with Crippen molar-refractivity contribution >= 4 is 28.9 Å². The van der Waals surface area contributed by atoms with Gasteiger partial charge < -0.3 is 10.5 Å². The Morgan fingerprint density at radius 3 is 2.47 bits per heavy atom. The second-order valence-electron chi connectivity index (χ2n) is 2.92. The molecule has 0 radical (unpaired) electrons. The third-order valence-electron chi connectivity index (χ3n) is 1.70. The van der Waals surface area contributed by atoms with Crippen molar-refractivity contribution in [1.29, 1.82) is 5.26 Å². The summed E-state index contributed by atoms with van der Waals surface area (Å²) in [6.45, 7) is 0.414. The molecular weight excluding hydrogens is 235 g/mol. The van der Waals surface area contributed by atoms with E-state index in [0.29, 0.717) is 40.9 Å². The van der Waals surface area contributed by atoms with Crippen molar-refractivity contribution in [2.24, 2.45) is 0 Å². The normalized spacial score (nSPS) is 9.67. The van der Waals surface area contributed by atoms with Crippen LogP contribution >= 0.6 is 23.2 Å². The Balaban J connectivity index is 2.65. The Kier molecular flexibility index (Phi) is 4.54. The van der Waals surface area contributed by atoms with Crippen molar-refractivity contribution in [2.45, 2.75) is 12.8 Å². The molecule has 0 atom stereocenters. The number of nitriles is 1. The Morgan fingerprint density at radius 1 is 1.33 bits per heavy atom. The average Bonchev–Trinajstić information content (AvgIpc) is 2.15. The minimum absolute atomic E-state index is 0.386. The summed E-state index contributed by atoms with van der Waals surface area (Å²) in [5.74, 6) is 0.422. The van der Waals surface area contributed by atoms with Crippen LogP contribution in [0.4, 0.5) is 5.69 Å². The first-order chi connectivity index (χ1) is 7.15. The second-order valence-corrected chi connectivity index (χ2v) is 3.74. The Labute approximate surface area is 98.3 Å². The number of hydrogen-bond donors (Lipinski definition) is 1. The molecule has 0 spiro atoms. The molecule has 1 rings (SSSR count). The zero-order valence-electron chi connectivity index (χ0n) is 7.96. The van der Waals surface area contributed by atoms with E-state index in [4.69, 9.17) is 38.9 Å². The van der Waals surface area contributed by atoms with E-state index in [1.807, 2.05) is 6.07 Å². The molecule has 0 aromatic heterocycles. The number of nitrogens with zero attached hydrogens (tertiary/aromatic N) is 1. The number of halogens is 2. The lowest BCUT2D eigenvalue weighted by Crippen LogP contribution is -1.98. The molecule has 3 nitrogen and oxygen atoms in total. The highest BCUT2D eigenvalue weighted by molar-refractivity contribution is 6.37. The van der Waals surface area contributed by atoms with Crippen LogP contribution in [-0.4, -0.2) is 6.61 Å². The summed E-state index contributed by atoms with van der Waals surface area (Å²) in [6, 6.07) is 5.18. The molecule has 0 saturated carbocycles. The molecule has 1 aromatic carbocycles. The van der Waals surface area contributed by atoms with Crippen molar-refractivity contribution in [1.82, 2.24) is 0 Å². The first-order valence-electron chi connectivity index (χ1n) is 4.39. The molecular formula is C10H10Cl2N2O. The lowest BCUT2D eigenvalue weighted by molar-refractivity contribution is 0.313. The molecule has 15 heavy (non-hydrogen) atoms. The Morgan fingerprint density at radius 2 is 1.93 bits per heavy atom. The number of hydrogen-bond acceptors (Lipinski definition) is 3. The van der Waals surface area contributed by atoms with Crippen molar-refractivity contribution in [3.8, 4) is 11.8 Å². The summed E-state index contributed by atoms with van der Waals surface area (Å²) in [5.41, 5.74) is 6.03. The van der Waals surface area contributed by atoms with E-state index in [-0.39, 0.29) is 0 Å². The van der Waals surface area contributed by atoms with Crippen LogP contribution in [0.3, 0.4) is 0 Å². The van der Waals surface area contributed by atoms with Crippen LogP contribution in [-0.2, 0) is 0 Å². The lowest BCUT2D eigenvalue weighted by Gasteiger charge is -2.09. The van der Waals surface area contributed by atoms with Gasteiger partial charge in [-0.1, -0.05) is 23.2 Å². The van der Waals surface area contributed by atoms with E-state index in [0.717, 1.165) is 0 Å². The predicted molar refractivity (Wildman–Crippen MR) is 61.2 cm³/mol. The van der Waals surface area contributed by atoms with Crippen molar-refractivity contribution in [3.05, 3.63) is 22.2 Å². The number of benzene rings is 1. The second kappa shape index (κ2) is 5.69. The van der Waals surface area contributed by atoms with Crippen molar-refractivity contribution < 1.29 is 4.74 Å². The number of unbranched alkanes of at least 4 members (excludes halogenated alkanes) is 1. The van der Waals surface area contributed by atoms with Crippen LogP contribution in [0.5, 0.6) is 5.75 Å². The van der Waals surface area contributed by atoms with Crippen molar-refractivity contribution in [2.75, 3.05) is 12.3 Å². The molecule has 0 fully saturated rings. The van der Waals surface area contributed by atoms with Gasteiger partial charge in [0.2, 0.25) is 0 Å². The summed E-state index contributed by atoms with van der Waals surface area (Å²) in [6.07, 6.45) is 1.09. The number of nitrogen functional groups attached to an aromatic ring is 1. The maximum atomic E-state index is 8.33. The van der Waals surface area contributed by atoms with Gasteiger partial charge in [0.25, 0.3) is 0 Å². The SMILES string of the molecule is N#CCCCOc1c(Cl)cc(N)cc1Cl. The average molecular weight is 245 g/mol. The fourth-order valence-corrected chi connectivity index (χ4v) is 1.66. The predicted octanol–water partition coefficient (Wildman–Crippen LogP) is 3.26. The number of anilines is 1. The molecule has 0 bridgehead atoms. The molecule has 0 aliphatic heterocycles. The first kappa shape index (κ1) is 12.0. The summed E-state index contributed by atoms with van der Waals surface area (Å²) in [5, 5.41) is 9.11. The standard InChI is InChI=1S/C10H10Cl2N2O/c11-8-5-7(14)6-9(12)10(8)15-4-2-1-3-13/h5-6H,1-2,4,14H2. The van der Waals surface area contributed by atoms with Crippen LogP contribution in [0, 0.1) is 11.3 Å². The molecule has 2 N–H and O–H groups in total. The van der Waals surface area contributed by atoms with E-state index >= 15 is 0 Å². The van der Waals surface area contributed by atoms with E-state index < -0.39 is 0 Å². The van der Waals surface area contributed by atoms with Gasteiger partial charge in [0.1, 0.15) is 0 Å². The summed E-state index contributed by atoms with van der Waals surface area (Å²) in [7, 11) is 0. The third kappa shape index (κ3) is 3.50. The van der Waals surface area contributed by atoms with E-state index in [1.165, 1.54) is 0 Å². The molecule has 0 amide bonds. The molecule has 80 valence electrons. The molecule has 1 aromatic rings. The number of rotatable bonds is 4. The fraction of sp³-hybridized carbons (Fsp3) is 0.300. The quantitative estimate of drug-likeness (QED) is 0.654. The van der Waals surface area contributed by atoms with Gasteiger partial charge in [0.15, 0.2) is 5.75 Å². The van der Waals surface area contributed by atoms with E-state index in [2.05, 4.69) is 0 Å². The van der Waals surface area contributed by atoms with Crippen LogP contribution in [0.1, 0.15) is 12.8 Å². The third-order valence-corrected chi connectivity index (χ3v) is 2.26. The smallest absolute Gasteiger partial charge is 0.156 e. The van der Waals surface area contributed by atoms with Crippen molar-refractivity contribution in [3.63, 3.8) is 0 Å². The zero-order valence-corrected chi connectivity index (χ0v) is 9.48. The van der Waals surface area contributed by atoms with Crippen LogP contribution < -0.4 is 10.5 Å². The Hall–Kier alpha value is -1.11. The van der Waals surface area contributed by atoms with E-state index in [9.17, 15) is 0 Å². The van der Waals surface area contributed by atoms with Crippen LogP contribution in [0.2, 0.25) is 10.0 Å². The molecule has 0 saturated heterocycles. The topological polar surface area (TPSA) is 59.0 Å². The van der Waals surface area contributed by atoms with Crippen LogP contribution in [0.15, 0.2) is 12.1 Å². The van der Waals surface area contributed by atoms with Gasteiger partial charge in [-0.05, 0) is 18.6 Å². The molecule has 0 heterocycles. The van der Waals surface area contributed by atoms with Gasteiger partial charge in [-0.3, -0.25) is 0 Å². The monoisotopic (exact) mass is 244 g/mol. The maximum Gasteiger partial charge on any atom is 0.156 e. The number of nitrogens with two attached hydrogens (primary N) is 1. The summed E-state index contributed by atoms with van der Waals surface area (Å²) < 4.78 is 5.35. The van der Waals surface area contributed by atoms with E-state index in [1.54, 1.807) is 12.1 Å². The summed E-state index contributed by atoms with van der Waals surface area (Å²) in [4.78, 5) is 0. The molecule has 5 heteroatoms. The minimum atomic E-state index is 0.386. The van der Waals surface area contributed by atoms with Gasteiger partial charge in [-0.2, -0.15) is 5.26 Å². The maximum absolute atomic E-state index is 8.33. The molecule has 0 unspecified atom stereocenters. The summed E-state index contributed by atoms with van der Waals surface area (Å²) >= 11 is 11.8.